The second-order valence-electron chi connectivity index (χ2n) is 4.30. The molecular weight excluding hydrogens is 212 g/mol. The normalized spacial score (nSPS) is 10.8. The lowest BCUT2D eigenvalue weighted by molar-refractivity contribution is 0.711. The third-order valence-corrected chi connectivity index (χ3v) is 2.91. The molecule has 2 aromatic rings. The molecule has 0 atom stereocenters. The van der Waals surface area contributed by atoms with E-state index >= 15 is 0 Å². The number of rotatable bonds is 3. The molecule has 0 aliphatic carbocycles. The summed E-state index contributed by atoms with van der Waals surface area (Å²) in [6.45, 7) is 4.92. The lowest BCUT2D eigenvalue weighted by Gasteiger charge is -2.03. The van der Waals surface area contributed by atoms with Crippen LogP contribution in [0.3, 0.4) is 0 Å². The molecule has 0 aliphatic heterocycles. The van der Waals surface area contributed by atoms with Gasteiger partial charge in [-0.2, -0.15) is 5.10 Å². The van der Waals surface area contributed by atoms with Crippen LogP contribution in [0.25, 0.3) is 11.4 Å². The van der Waals surface area contributed by atoms with Gasteiger partial charge in [-0.1, -0.05) is 12.1 Å². The summed E-state index contributed by atoms with van der Waals surface area (Å²) in [5.41, 5.74) is 3.69. The van der Waals surface area contributed by atoms with Gasteiger partial charge in [0.1, 0.15) is 0 Å². The van der Waals surface area contributed by atoms with Gasteiger partial charge in [-0.3, -0.25) is 0 Å². The number of benzene rings is 1. The van der Waals surface area contributed by atoms with Crippen LogP contribution in [-0.2, 0) is 13.6 Å². The molecule has 0 bridgehead atoms. The molecule has 0 saturated heterocycles. The highest BCUT2D eigenvalue weighted by Crippen LogP contribution is 2.20. The Bertz CT molecular complexity index is 528. The van der Waals surface area contributed by atoms with E-state index in [4.69, 9.17) is 0 Å². The first-order valence-corrected chi connectivity index (χ1v) is 5.74. The van der Waals surface area contributed by atoms with Crippen molar-refractivity contribution < 1.29 is 0 Å². The average molecular weight is 230 g/mol. The fourth-order valence-corrected chi connectivity index (χ4v) is 1.80. The molecule has 0 aliphatic rings. The molecule has 1 heterocycles. The summed E-state index contributed by atoms with van der Waals surface area (Å²) in [6.07, 6.45) is 0. The summed E-state index contributed by atoms with van der Waals surface area (Å²) in [7, 11) is 3.82. The van der Waals surface area contributed by atoms with Crippen molar-refractivity contribution in [2.24, 2.45) is 7.05 Å². The van der Waals surface area contributed by atoms with Crippen LogP contribution in [0.4, 0.5) is 0 Å². The maximum absolute atomic E-state index is 4.53. The largest absolute Gasteiger partial charge is 0.313 e. The van der Waals surface area contributed by atoms with E-state index in [1.165, 1.54) is 11.1 Å². The molecule has 2 rings (SSSR count). The Morgan fingerprint density at radius 1 is 1.24 bits per heavy atom. The van der Waals surface area contributed by atoms with Gasteiger partial charge >= 0.3 is 0 Å². The van der Waals surface area contributed by atoms with E-state index in [0.717, 1.165) is 17.2 Å². The van der Waals surface area contributed by atoms with Crippen LogP contribution in [0, 0.1) is 13.8 Å². The Kier molecular flexibility index (Phi) is 3.24. The molecule has 17 heavy (non-hydrogen) atoms. The van der Waals surface area contributed by atoms with Gasteiger partial charge in [-0.05, 0) is 38.1 Å². The highest BCUT2D eigenvalue weighted by atomic mass is 15.3. The summed E-state index contributed by atoms with van der Waals surface area (Å²) < 4.78 is 1.83. The first kappa shape index (κ1) is 11.8. The highest BCUT2D eigenvalue weighted by Gasteiger charge is 2.09. The summed E-state index contributed by atoms with van der Waals surface area (Å²) in [6, 6.07) is 6.37. The van der Waals surface area contributed by atoms with E-state index in [2.05, 4.69) is 47.4 Å². The van der Waals surface area contributed by atoms with E-state index < -0.39 is 0 Å². The Labute approximate surface area is 102 Å². The molecule has 1 aromatic heterocycles. The van der Waals surface area contributed by atoms with Crippen molar-refractivity contribution in [2.45, 2.75) is 20.4 Å². The van der Waals surface area contributed by atoms with Crippen molar-refractivity contribution in [3.8, 4) is 11.4 Å². The Morgan fingerprint density at radius 2 is 2.00 bits per heavy atom. The Hall–Kier alpha value is -1.68. The van der Waals surface area contributed by atoms with Gasteiger partial charge in [-0.25, -0.2) is 9.67 Å². The van der Waals surface area contributed by atoms with Crippen molar-refractivity contribution in [2.75, 3.05) is 7.05 Å². The summed E-state index contributed by atoms with van der Waals surface area (Å²) in [5.74, 6) is 1.74. The molecule has 0 amide bonds. The summed E-state index contributed by atoms with van der Waals surface area (Å²) in [4.78, 5) is 4.53. The molecular formula is C13H18N4. The predicted molar refractivity (Wildman–Crippen MR) is 68.7 cm³/mol. The number of hydrogen-bond acceptors (Lipinski definition) is 3. The SMILES string of the molecule is CNCc1nc(-c2ccc(C)c(C)c2)n(C)n1. The quantitative estimate of drug-likeness (QED) is 0.874. The maximum atomic E-state index is 4.53. The topological polar surface area (TPSA) is 42.7 Å². The lowest BCUT2D eigenvalue weighted by atomic mass is 10.1. The monoisotopic (exact) mass is 230 g/mol. The van der Waals surface area contributed by atoms with E-state index in [0.29, 0.717) is 6.54 Å². The minimum Gasteiger partial charge on any atom is -0.313 e. The van der Waals surface area contributed by atoms with E-state index in [9.17, 15) is 0 Å². The minimum atomic E-state index is 0.693. The molecule has 0 unspecified atom stereocenters. The van der Waals surface area contributed by atoms with Crippen molar-refractivity contribution in [1.82, 2.24) is 20.1 Å². The molecule has 0 spiro atoms. The molecule has 4 heteroatoms. The zero-order valence-corrected chi connectivity index (χ0v) is 10.8. The second kappa shape index (κ2) is 4.67. The fourth-order valence-electron chi connectivity index (χ4n) is 1.80. The van der Waals surface area contributed by atoms with E-state index in [-0.39, 0.29) is 0 Å². The molecule has 4 nitrogen and oxygen atoms in total. The Balaban J connectivity index is 2.41. The molecule has 90 valence electrons. The van der Waals surface area contributed by atoms with Gasteiger partial charge in [0.05, 0.1) is 6.54 Å². The van der Waals surface area contributed by atoms with Crippen LogP contribution < -0.4 is 5.32 Å². The van der Waals surface area contributed by atoms with Crippen molar-refractivity contribution >= 4 is 0 Å². The number of aromatic nitrogens is 3. The fraction of sp³-hybridized carbons (Fsp3) is 0.385. The van der Waals surface area contributed by atoms with Gasteiger partial charge < -0.3 is 5.32 Å². The van der Waals surface area contributed by atoms with Gasteiger partial charge in [-0.15, -0.1) is 0 Å². The van der Waals surface area contributed by atoms with Gasteiger partial charge in [0.25, 0.3) is 0 Å². The number of nitrogens with one attached hydrogen (secondary N) is 1. The Morgan fingerprint density at radius 3 is 2.65 bits per heavy atom. The van der Waals surface area contributed by atoms with Crippen LogP contribution in [0.2, 0.25) is 0 Å². The third kappa shape index (κ3) is 2.36. The van der Waals surface area contributed by atoms with Crippen LogP contribution in [0.1, 0.15) is 17.0 Å². The van der Waals surface area contributed by atoms with Crippen molar-refractivity contribution in [3.63, 3.8) is 0 Å². The smallest absolute Gasteiger partial charge is 0.165 e. The number of aryl methyl sites for hydroxylation is 3. The summed E-state index contributed by atoms with van der Waals surface area (Å²) >= 11 is 0. The van der Waals surface area contributed by atoms with Gasteiger partial charge in [0.2, 0.25) is 0 Å². The van der Waals surface area contributed by atoms with Crippen LogP contribution in [0.5, 0.6) is 0 Å². The minimum absolute atomic E-state index is 0.693. The predicted octanol–water partition coefficient (Wildman–Crippen LogP) is 1.82. The molecule has 1 N–H and O–H groups in total. The molecule has 0 radical (unpaired) electrons. The van der Waals surface area contributed by atoms with Crippen LogP contribution in [-0.4, -0.2) is 21.8 Å². The highest BCUT2D eigenvalue weighted by molar-refractivity contribution is 5.57. The average Bonchev–Trinajstić information content (AvgIpc) is 2.64. The van der Waals surface area contributed by atoms with Crippen LogP contribution >= 0.6 is 0 Å². The van der Waals surface area contributed by atoms with Crippen molar-refractivity contribution in [3.05, 3.63) is 35.2 Å². The lowest BCUT2D eigenvalue weighted by Crippen LogP contribution is -2.06. The zero-order chi connectivity index (χ0) is 12.4. The second-order valence-corrected chi connectivity index (χ2v) is 4.30. The van der Waals surface area contributed by atoms with Crippen molar-refractivity contribution in [1.29, 1.82) is 0 Å². The summed E-state index contributed by atoms with van der Waals surface area (Å²) in [5, 5.41) is 7.43. The van der Waals surface area contributed by atoms with Gasteiger partial charge in [0.15, 0.2) is 11.6 Å². The standard InChI is InChI=1S/C13H18N4/c1-9-5-6-11(7-10(9)2)13-15-12(8-14-3)16-17(13)4/h5-7,14H,8H2,1-4H3. The van der Waals surface area contributed by atoms with Crippen LogP contribution in [0.15, 0.2) is 18.2 Å². The molecule has 0 fully saturated rings. The van der Waals surface area contributed by atoms with E-state index in [1.54, 1.807) is 0 Å². The molecule has 0 saturated carbocycles. The first-order valence-electron chi connectivity index (χ1n) is 5.74. The first-order chi connectivity index (χ1) is 8.11. The number of nitrogens with zero attached hydrogens (tertiary/aromatic N) is 3. The zero-order valence-electron chi connectivity index (χ0n) is 10.8. The third-order valence-electron chi connectivity index (χ3n) is 2.91. The number of hydrogen-bond donors (Lipinski definition) is 1. The van der Waals surface area contributed by atoms with E-state index in [1.807, 2.05) is 18.8 Å². The van der Waals surface area contributed by atoms with Gasteiger partial charge in [0, 0.05) is 12.6 Å². The maximum Gasteiger partial charge on any atom is 0.165 e. The molecule has 1 aromatic carbocycles.